The lowest BCUT2D eigenvalue weighted by atomic mass is 9.89. The third-order valence-corrected chi connectivity index (χ3v) is 5.76. The van der Waals surface area contributed by atoms with Gasteiger partial charge in [0.15, 0.2) is 0 Å². The Balaban J connectivity index is 1.88. The Bertz CT molecular complexity index is 960. The highest BCUT2D eigenvalue weighted by Crippen LogP contribution is 2.28. The quantitative estimate of drug-likeness (QED) is 0.550. The Morgan fingerprint density at radius 1 is 0.935 bits per heavy atom. The van der Waals surface area contributed by atoms with Gasteiger partial charge < -0.3 is 10.2 Å². The number of nitrogens with zero attached hydrogens (tertiary/aromatic N) is 2. The molecular weight excluding hydrogens is 406 g/mol. The van der Waals surface area contributed by atoms with Crippen molar-refractivity contribution in [2.45, 2.75) is 52.2 Å². The first-order valence-electron chi connectivity index (χ1n) is 10.5. The second-order valence-corrected chi connectivity index (χ2v) is 9.01. The molecule has 1 aromatic heterocycles. The van der Waals surface area contributed by atoms with E-state index in [9.17, 15) is 9.59 Å². The van der Waals surface area contributed by atoms with Crippen LogP contribution in [0, 0.1) is 0 Å². The maximum absolute atomic E-state index is 13.8. The van der Waals surface area contributed by atoms with E-state index >= 15 is 0 Å². The first kappa shape index (κ1) is 22.7. The molecule has 2 amide bonds. The molecule has 2 aromatic carbocycles. The SMILES string of the molecule is CC(C)NC(=O)c1csc(CN(C(=O)C(c2ccccc2)c2ccccc2)C(C)C)n1. The number of hydrogen-bond donors (Lipinski definition) is 1. The molecule has 6 heteroatoms. The summed E-state index contributed by atoms with van der Waals surface area (Å²) >= 11 is 1.41. The Hall–Kier alpha value is -2.99. The van der Waals surface area contributed by atoms with E-state index < -0.39 is 5.92 Å². The molecule has 1 heterocycles. The van der Waals surface area contributed by atoms with Gasteiger partial charge in [-0.05, 0) is 38.8 Å². The molecule has 0 radical (unpaired) electrons. The van der Waals surface area contributed by atoms with Crippen LogP contribution in [0.5, 0.6) is 0 Å². The van der Waals surface area contributed by atoms with Crippen LogP contribution in [-0.4, -0.2) is 33.8 Å². The summed E-state index contributed by atoms with van der Waals surface area (Å²) in [4.78, 5) is 32.4. The maximum atomic E-state index is 13.8. The Labute approximate surface area is 188 Å². The van der Waals surface area contributed by atoms with E-state index in [4.69, 9.17) is 0 Å². The largest absolute Gasteiger partial charge is 0.349 e. The lowest BCUT2D eigenvalue weighted by molar-refractivity contribution is -0.134. The second kappa shape index (κ2) is 10.4. The molecule has 1 N–H and O–H groups in total. The van der Waals surface area contributed by atoms with Crippen LogP contribution in [0.15, 0.2) is 66.0 Å². The molecule has 3 rings (SSSR count). The first-order valence-corrected chi connectivity index (χ1v) is 11.4. The number of carbonyl (C=O) groups excluding carboxylic acids is 2. The molecule has 0 saturated heterocycles. The van der Waals surface area contributed by atoms with Crippen molar-refractivity contribution in [3.63, 3.8) is 0 Å². The third kappa shape index (κ3) is 5.79. The number of benzene rings is 2. The summed E-state index contributed by atoms with van der Waals surface area (Å²) in [6.45, 7) is 8.21. The van der Waals surface area contributed by atoms with Crippen molar-refractivity contribution >= 4 is 23.2 Å². The summed E-state index contributed by atoms with van der Waals surface area (Å²) in [7, 11) is 0. The van der Waals surface area contributed by atoms with Crippen LogP contribution in [0.1, 0.15) is 60.2 Å². The molecule has 0 aliphatic heterocycles. The van der Waals surface area contributed by atoms with Crippen LogP contribution >= 0.6 is 11.3 Å². The third-order valence-electron chi connectivity index (χ3n) is 4.93. The minimum atomic E-state index is -0.395. The molecule has 31 heavy (non-hydrogen) atoms. The zero-order valence-electron chi connectivity index (χ0n) is 18.4. The minimum absolute atomic E-state index is 0.0146. The molecule has 0 bridgehead atoms. The van der Waals surface area contributed by atoms with Gasteiger partial charge in [0.2, 0.25) is 5.91 Å². The van der Waals surface area contributed by atoms with Gasteiger partial charge in [-0.2, -0.15) is 0 Å². The van der Waals surface area contributed by atoms with Crippen molar-refractivity contribution in [1.29, 1.82) is 0 Å². The van der Waals surface area contributed by atoms with Crippen molar-refractivity contribution in [3.05, 3.63) is 87.9 Å². The van der Waals surface area contributed by atoms with Crippen molar-refractivity contribution in [2.24, 2.45) is 0 Å². The molecular formula is C25H29N3O2S. The van der Waals surface area contributed by atoms with Gasteiger partial charge in [-0.25, -0.2) is 4.98 Å². The zero-order valence-corrected chi connectivity index (χ0v) is 19.2. The van der Waals surface area contributed by atoms with Gasteiger partial charge >= 0.3 is 0 Å². The summed E-state index contributed by atoms with van der Waals surface area (Å²) in [5.41, 5.74) is 2.31. The highest BCUT2D eigenvalue weighted by molar-refractivity contribution is 7.09. The van der Waals surface area contributed by atoms with Gasteiger partial charge in [-0.15, -0.1) is 11.3 Å². The minimum Gasteiger partial charge on any atom is -0.349 e. The topological polar surface area (TPSA) is 62.3 Å². The molecule has 0 atom stereocenters. The normalized spacial score (nSPS) is 11.2. The summed E-state index contributed by atoms with van der Waals surface area (Å²) in [5, 5.41) is 5.36. The average Bonchev–Trinajstić information content (AvgIpc) is 3.22. The molecule has 0 saturated carbocycles. The number of nitrogens with one attached hydrogen (secondary N) is 1. The molecule has 162 valence electrons. The van der Waals surface area contributed by atoms with E-state index in [2.05, 4.69) is 10.3 Å². The average molecular weight is 436 g/mol. The monoisotopic (exact) mass is 435 g/mol. The van der Waals surface area contributed by atoms with Gasteiger partial charge in [0, 0.05) is 17.5 Å². The standard InChI is InChI=1S/C25H29N3O2S/c1-17(2)26-24(29)21-16-31-22(27-21)15-28(18(3)4)25(30)23(19-11-7-5-8-12-19)20-13-9-6-10-14-20/h5-14,16-18,23H,15H2,1-4H3,(H,26,29). The summed E-state index contributed by atoms with van der Waals surface area (Å²) in [6.07, 6.45) is 0. The molecule has 0 spiro atoms. The van der Waals surface area contributed by atoms with Crippen LogP contribution in [-0.2, 0) is 11.3 Å². The van der Waals surface area contributed by atoms with Gasteiger partial charge in [0.05, 0.1) is 12.5 Å². The molecule has 0 aliphatic rings. The van der Waals surface area contributed by atoms with Crippen molar-refractivity contribution < 1.29 is 9.59 Å². The van der Waals surface area contributed by atoms with Crippen LogP contribution in [0.3, 0.4) is 0 Å². The Morgan fingerprint density at radius 2 is 1.48 bits per heavy atom. The zero-order chi connectivity index (χ0) is 22.4. The van der Waals surface area contributed by atoms with Crippen LogP contribution in [0.4, 0.5) is 0 Å². The summed E-state index contributed by atoms with van der Waals surface area (Å²) in [5.74, 6) is -0.560. The van der Waals surface area contributed by atoms with Crippen molar-refractivity contribution in [3.8, 4) is 0 Å². The fraction of sp³-hybridized carbons (Fsp3) is 0.320. The van der Waals surface area contributed by atoms with Crippen molar-refractivity contribution in [2.75, 3.05) is 0 Å². The predicted octanol–water partition coefficient (Wildman–Crippen LogP) is 4.85. The molecule has 3 aromatic rings. The van der Waals surface area contributed by atoms with E-state index in [1.54, 1.807) is 5.38 Å². The fourth-order valence-corrected chi connectivity index (χ4v) is 4.19. The molecule has 5 nitrogen and oxygen atoms in total. The van der Waals surface area contributed by atoms with Gasteiger partial charge in [-0.3, -0.25) is 9.59 Å². The second-order valence-electron chi connectivity index (χ2n) is 8.07. The Morgan fingerprint density at radius 3 is 1.97 bits per heavy atom. The number of aromatic nitrogens is 1. The van der Waals surface area contributed by atoms with Gasteiger partial charge in [0.25, 0.3) is 5.91 Å². The Kier molecular flexibility index (Phi) is 7.58. The van der Waals surface area contributed by atoms with Crippen LogP contribution in [0.25, 0.3) is 0 Å². The van der Waals surface area contributed by atoms with E-state index in [1.807, 2.05) is 93.3 Å². The van der Waals surface area contributed by atoms with Crippen LogP contribution < -0.4 is 5.32 Å². The number of hydrogen-bond acceptors (Lipinski definition) is 4. The number of rotatable bonds is 8. The smallest absolute Gasteiger partial charge is 0.270 e. The number of carbonyl (C=O) groups is 2. The lowest BCUT2D eigenvalue weighted by Gasteiger charge is -2.30. The number of amides is 2. The first-order chi connectivity index (χ1) is 14.9. The lowest BCUT2D eigenvalue weighted by Crippen LogP contribution is -2.40. The highest BCUT2D eigenvalue weighted by atomic mass is 32.1. The van der Waals surface area contributed by atoms with E-state index in [1.165, 1.54) is 11.3 Å². The van der Waals surface area contributed by atoms with Gasteiger partial charge in [0.1, 0.15) is 10.7 Å². The van der Waals surface area contributed by atoms with Gasteiger partial charge in [-0.1, -0.05) is 60.7 Å². The number of thiazole rings is 1. The van der Waals surface area contributed by atoms with E-state index in [0.717, 1.165) is 16.1 Å². The van der Waals surface area contributed by atoms with Crippen LogP contribution in [0.2, 0.25) is 0 Å². The van der Waals surface area contributed by atoms with E-state index in [-0.39, 0.29) is 23.9 Å². The highest BCUT2D eigenvalue weighted by Gasteiger charge is 2.29. The summed E-state index contributed by atoms with van der Waals surface area (Å²) in [6, 6.07) is 19.7. The fourth-order valence-electron chi connectivity index (χ4n) is 3.42. The summed E-state index contributed by atoms with van der Waals surface area (Å²) < 4.78 is 0. The molecule has 0 unspecified atom stereocenters. The van der Waals surface area contributed by atoms with E-state index in [0.29, 0.717) is 12.2 Å². The maximum Gasteiger partial charge on any atom is 0.270 e. The molecule has 0 fully saturated rings. The predicted molar refractivity (Wildman–Crippen MR) is 125 cm³/mol. The van der Waals surface area contributed by atoms with Crippen molar-refractivity contribution in [1.82, 2.24) is 15.2 Å². The molecule has 0 aliphatic carbocycles.